The van der Waals surface area contributed by atoms with Gasteiger partial charge in [0.05, 0.1) is 12.6 Å². The van der Waals surface area contributed by atoms with Crippen molar-refractivity contribution in [1.29, 1.82) is 0 Å². The van der Waals surface area contributed by atoms with E-state index >= 15 is 0 Å². The van der Waals surface area contributed by atoms with Gasteiger partial charge >= 0.3 is 0 Å². The monoisotopic (exact) mass is 381 g/mol. The zero-order valence-electron chi connectivity index (χ0n) is 16.7. The molecule has 1 unspecified atom stereocenters. The lowest BCUT2D eigenvalue weighted by atomic mass is 10.2. The van der Waals surface area contributed by atoms with Crippen LogP contribution in [0.15, 0.2) is 30.3 Å². The van der Waals surface area contributed by atoms with E-state index in [1.54, 1.807) is 0 Å². The lowest BCUT2D eigenvalue weighted by Gasteiger charge is -2.28. The van der Waals surface area contributed by atoms with Gasteiger partial charge in [-0.05, 0) is 24.8 Å². The number of rotatable bonds is 5. The molecule has 2 aliphatic heterocycles. The molecule has 6 nitrogen and oxygen atoms in total. The van der Waals surface area contributed by atoms with Gasteiger partial charge in [0.25, 0.3) is 0 Å². The summed E-state index contributed by atoms with van der Waals surface area (Å²) in [7, 11) is 0. The maximum atomic E-state index is 6.21. The van der Waals surface area contributed by atoms with Gasteiger partial charge in [0.15, 0.2) is 5.82 Å². The summed E-state index contributed by atoms with van der Waals surface area (Å²) in [5.74, 6) is 2.91. The van der Waals surface area contributed by atoms with Crippen LogP contribution < -0.4 is 0 Å². The first-order valence-electron chi connectivity index (χ1n) is 10.9. The lowest BCUT2D eigenvalue weighted by molar-refractivity contribution is 0.0260. The SMILES string of the molecule is c1ccc(CN2CCCOC(CN3CCc4nc(C5CC5)nn4CC3)C2)cc1. The van der Waals surface area contributed by atoms with Gasteiger partial charge in [0.1, 0.15) is 5.82 Å². The summed E-state index contributed by atoms with van der Waals surface area (Å²) in [6, 6.07) is 10.8. The molecule has 5 rings (SSSR count). The average molecular weight is 382 g/mol. The molecule has 0 N–H and O–H groups in total. The van der Waals surface area contributed by atoms with E-state index < -0.39 is 0 Å². The second-order valence-electron chi connectivity index (χ2n) is 8.50. The van der Waals surface area contributed by atoms with Crippen LogP contribution in [0.25, 0.3) is 0 Å². The van der Waals surface area contributed by atoms with E-state index in [2.05, 4.69) is 44.8 Å². The smallest absolute Gasteiger partial charge is 0.154 e. The molecule has 28 heavy (non-hydrogen) atoms. The van der Waals surface area contributed by atoms with Crippen LogP contribution in [0, 0.1) is 0 Å². The average Bonchev–Trinajstić information content (AvgIpc) is 3.53. The Morgan fingerprint density at radius 2 is 1.89 bits per heavy atom. The minimum atomic E-state index is 0.284. The third kappa shape index (κ3) is 4.45. The molecule has 0 bridgehead atoms. The number of benzene rings is 1. The molecule has 2 aromatic rings. The van der Waals surface area contributed by atoms with Crippen LogP contribution in [0.3, 0.4) is 0 Å². The fourth-order valence-corrected chi connectivity index (χ4v) is 4.41. The van der Waals surface area contributed by atoms with Gasteiger partial charge in [-0.15, -0.1) is 0 Å². The first kappa shape index (κ1) is 18.3. The Bertz CT molecular complexity index is 747. The minimum absolute atomic E-state index is 0.284. The molecule has 3 heterocycles. The van der Waals surface area contributed by atoms with Gasteiger partial charge in [-0.3, -0.25) is 9.80 Å². The Morgan fingerprint density at radius 3 is 2.75 bits per heavy atom. The standard InChI is InChI=1S/C22H31N5O/c1-2-5-18(6-3-1)15-26-10-4-14-28-20(17-26)16-25-11-9-21-23-22(19-7-8-19)24-27(21)13-12-25/h1-3,5-6,19-20H,4,7-17H2. The highest BCUT2D eigenvalue weighted by Crippen LogP contribution is 2.38. The summed E-state index contributed by atoms with van der Waals surface area (Å²) in [4.78, 5) is 9.91. The molecule has 150 valence electrons. The largest absolute Gasteiger partial charge is 0.376 e. The van der Waals surface area contributed by atoms with E-state index in [1.165, 1.54) is 24.2 Å². The molecule has 1 saturated carbocycles. The van der Waals surface area contributed by atoms with Gasteiger partial charge in [-0.2, -0.15) is 5.10 Å². The molecule has 0 spiro atoms. The number of hydrogen-bond donors (Lipinski definition) is 0. The van der Waals surface area contributed by atoms with E-state index in [9.17, 15) is 0 Å². The van der Waals surface area contributed by atoms with Gasteiger partial charge in [0, 0.05) is 58.2 Å². The fraction of sp³-hybridized carbons (Fsp3) is 0.636. The Morgan fingerprint density at radius 1 is 1.00 bits per heavy atom. The Balaban J connectivity index is 1.16. The van der Waals surface area contributed by atoms with Crippen molar-refractivity contribution < 1.29 is 4.74 Å². The van der Waals surface area contributed by atoms with Crippen LogP contribution >= 0.6 is 0 Å². The quantitative estimate of drug-likeness (QED) is 0.795. The number of fused-ring (bicyclic) bond motifs is 1. The highest BCUT2D eigenvalue weighted by molar-refractivity contribution is 5.14. The first-order chi connectivity index (χ1) is 13.8. The highest BCUT2D eigenvalue weighted by Gasteiger charge is 2.30. The summed E-state index contributed by atoms with van der Waals surface area (Å²) >= 11 is 0. The van der Waals surface area contributed by atoms with Crippen molar-refractivity contribution in [2.45, 2.75) is 50.8 Å². The van der Waals surface area contributed by atoms with Crippen molar-refractivity contribution in [2.75, 3.05) is 39.3 Å². The first-order valence-corrected chi connectivity index (χ1v) is 10.9. The van der Waals surface area contributed by atoms with E-state index in [-0.39, 0.29) is 6.10 Å². The third-order valence-corrected chi connectivity index (χ3v) is 6.13. The van der Waals surface area contributed by atoms with Crippen molar-refractivity contribution in [3.8, 4) is 0 Å². The van der Waals surface area contributed by atoms with Gasteiger partial charge in [-0.1, -0.05) is 30.3 Å². The van der Waals surface area contributed by atoms with Gasteiger partial charge < -0.3 is 4.74 Å². The number of ether oxygens (including phenoxy) is 1. The zero-order chi connectivity index (χ0) is 18.8. The van der Waals surface area contributed by atoms with Crippen LogP contribution in [0.5, 0.6) is 0 Å². The second-order valence-corrected chi connectivity index (χ2v) is 8.50. The van der Waals surface area contributed by atoms with Gasteiger partial charge in [0.2, 0.25) is 0 Å². The molecule has 1 saturated heterocycles. The highest BCUT2D eigenvalue weighted by atomic mass is 16.5. The lowest BCUT2D eigenvalue weighted by Crippen LogP contribution is -2.41. The maximum absolute atomic E-state index is 6.21. The molecule has 3 aliphatic rings. The van der Waals surface area contributed by atoms with Crippen molar-refractivity contribution in [3.05, 3.63) is 47.5 Å². The van der Waals surface area contributed by atoms with E-state index in [4.69, 9.17) is 14.8 Å². The number of hydrogen-bond acceptors (Lipinski definition) is 5. The summed E-state index contributed by atoms with van der Waals surface area (Å²) < 4.78 is 8.37. The molecule has 1 atom stereocenters. The predicted octanol–water partition coefficient (Wildman–Crippen LogP) is 2.30. The fourth-order valence-electron chi connectivity index (χ4n) is 4.41. The Hall–Kier alpha value is -1.76. The minimum Gasteiger partial charge on any atom is -0.376 e. The van der Waals surface area contributed by atoms with Crippen LogP contribution in [0.1, 0.15) is 42.4 Å². The molecule has 1 aromatic carbocycles. The molecule has 1 aromatic heterocycles. The molecular formula is C22H31N5O. The number of nitrogens with zero attached hydrogens (tertiary/aromatic N) is 5. The molecular weight excluding hydrogens is 350 g/mol. The third-order valence-electron chi connectivity index (χ3n) is 6.13. The van der Waals surface area contributed by atoms with E-state index in [0.29, 0.717) is 5.92 Å². The van der Waals surface area contributed by atoms with E-state index in [1.807, 2.05) is 0 Å². The number of aromatic nitrogens is 3. The van der Waals surface area contributed by atoms with Crippen LogP contribution in [0.2, 0.25) is 0 Å². The topological polar surface area (TPSA) is 46.4 Å². The Labute approximate surface area is 167 Å². The van der Waals surface area contributed by atoms with Crippen LogP contribution in [-0.2, 0) is 24.2 Å². The summed E-state index contributed by atoms with van der Waals surface area (Å²) in [6.45, 7) is 8.08. The normalized spacial score (nSPS) is 24.5. The van der Waals surface area contributed by atoms with Crippen molar-refractivity contribution in [3.63, 3.8) is 0 Å². The molecule has 6 heteroatoms. The molecule has 0 amide bonds. The molecule has 1 aliphatic carbocycles. The molecule has 0 radical (unpaired) electrons. The van der Waals surface area contributed by atoms with Gasteiger partial charge in [-0.25, -0.2) is 9.67 Å². The summed E-state index contributed by atoms with van der Waals surface area (Å²) in [5.41, 5.74) is 1.39. The summed E-state index contributed by atoms with van der Waals surface area (Å²) in [6.07, 6.45) is 4.95. The second kappa shape index (κ2) is 8.31. The van der Waals surface area contributed by atoms with Crippen LogP contribution in [0.4, 0.5) is 0 Å². The zero-order valence-corrected chi connectivity index (χ0v) is 16.7. The van der Waals surface area contributed by atoms with Crippen molar-refractivity contribution >= 4 is 0 Å². The summed E-state index contributed by atoms with van der Waals surface area (Å²) in [5, 5.41) is 4.77. The van der Waals surface area contributed by atoms with Crippen molar-refractivity contribution in [2.24, 2.45) is 0 Å². The van der Waals surface area contributed by atoms with Crippen molar-refractivity contribution in [1.82, 2.24) is 24.6 Å². The molecule has 2 fully saturated rings. The van der Waals surface area contributed by atoms with Crippen LogP contribution in [-0.4, -0.2) is 70.0 Å². The Kier molecular flexibility index (Phi) is 5.43. The van der Waals surface area contributed by atoms with E-state index in [0.717, 1.165) is 71.1 Å². The predicted molar refractivity (Wildman–Crippen MR) is 108 cm³/mol. The maximum Gasteiger partial charge on any atom is 0.154 e.